The smallest absolute Gasteiger partial charge is 0.332 e. The van der Waals surface area contributed by atoms with Crippen molar-refractivity contribution in [3.05, 3.63) is 26.7 Å². The molecule has 1 aliphatic carbocycles. The number of hydrogen-bond acceptors (Lipinski definition) is 4. The summed E-state index contributed by atoms with van der Waals surface area (Å²) in [6.45, 7) is 2.01. The Kier molecular flexibility index (Phi) is 3.01. The third-order valence-electron chi connectivity index (χ3n) is 4.11. The Balaban J connectivity index is 2.06. The van der Waals surface area contributed by atoms with Crippen LogP contribution >= 0.6 is 0 Å². The minimum atomic E-state index is -0.361. The van der Waals surface area contributed by atoms with E-state index in [-0.39, 0.29) is 17.3 Å². The van der Waals surface area contributed by atoms with Crippen LogP contribution in [0.15, 0.2) is 9.59 Å². The van der Waals surface area contributed by atoms with Crippen LogP contribution in [-0.4, -0.2) is 25.1 Å². The van der Waals surface area contributed by atoms with Gasteiger partial charge in [-0.2, -0.15) is 0 Å². The molecule has 2 aromatic rings. The first-order valence-corrected chi connectivity index (χ1v) is 6.90. The summed E-state index contributed by atoms with van der Waals surface area (Å²) in [5.74, 6) is 0.699. The zero-order valence-electron chi connectivity index (χ0n) is 11.9. The molecule has 108 valence electrons. The molecule has 20 heavy (non-hydrogen) atoms. The van der Waals surface area contributed by atoms with E-state index in [0.29, 0.717) is 23.0 Å². The Morgan fingerprint density at radius 3 is 2.60 bits per heavy atom. The van der Waals surface area contributed by atoms with Crippen molar-refractivity contribution in [2.75, 3.05) is 0 Å². The second-order valence-electron chi connectivity index (χ2n) is 5.54. The number of fused-ring (bicyclic) bond motifs is 1. The fourth-order valence-electron chi connectivity index (χ4n) is 2.56. The SMILES string of the molecule is CC(NC1CCC1)c1nc2c([nH]1)c(=O)n(C)c(=O)n2C. The molecule has 0 radical (unpaired) electrons. The molecule has 1 atom stereocenters. The molecule has 1 fully saturated rings. The largest absolute Gasteiger partial charge is 0.335 e. The molecule has 7 heteroatoms. The number of nitrogens with one attached hydrogen (secondary N) is 2. The molecule has 0 amide bonds. The highest BCUT2D eigenvalue weighted by atomic mass is 16.2. The molecular formula is C13H19N5O2. The van der Waals surface area contributed by atoms with Gasteiger partial charge in [0.25, 0.3) is 5.56 Å². The van der Waals surface area contributed by atoms with Crippen LogP contribution in [0.25, 0.3) is 11.2 Å². The van der Waals surface area contributed by atoms with Gasteiger partial charge in [-0.1, -0.05) is 6.42 Å². The standard InChI is InChI=1S/C13H19N5O2/c1-7(14-8-5-4-6-8)10-15-9-11(16-10)17(2)13(20)18(3)12(9)19/h7-8,14H,4-6H2,1-3H3,(H,15,16). The first kappa shape index (κ1) is 13.1. The van der Waals surface area contributed by atoms with Crippen molar-refractivity contribution in [3.63, 3.8) is 0 Å². The van der Waals surface area contributed by atoms with Gasteiger partial charge in [-0.05, 0) is 19.8 Å². The van der Waals surface area contributed by atoms with Gasteiger partial charge >= 0.3 is 5.69 Å². The van der Waals surface area contributed by atoms with E-state index in [1.807, 2.05) is 6.92 Å². The number of aryl methyl sites for hydroxylation is 1. The molecule has 3 rings (SSSR count). The summed E-state index contributed by atoms with van der Waals surface area (Å²) in [4.78, 5) is 31.4. The van der Waals surface area contributed by atoms with E-state index in [1.165, 1.54) is 30.9 Å². The Hall–Kier alpha value is -1.89. The van der Waals surface area contributed by atoms with Gasteiger partial charge in [-0.15, -0.1) is 0 Å². The fourth-order valence-corrected chi connectivity index (χ4v) is 2.56. The molecule has 0 saturated heterocycles. The molecule has 2 heterocycles. The van der Waals surface area contributed by atoms with Gasteiger partial charge in [0.15, 0.2) is 5.65 Å². The normalized spacial score (nSPS) is 17.4. The summed E-state index contributed by atoms with van der Waals surface area (Å²) in [6, 6.07) is 0.567. The van der Waals surface area contributed by atoms with Crippen molar-refractivity contribution in [2.24, 2.45) is 14.1 Å². The van der Waals surface area contributed by atoms with Crippen LogP contribution in [0.1, 0.15) is 38.1 Å². The van der Waals surface area contributed by atoms with Crippen molar-refractivity contribution < 1.29 is 0 Å². The topological polar surface area (TPSA) is 84.7 Å². The maximum absolute atomic E-state index is 12.1. The maximum Gasteiger partial charge on any atom is 0.332 e. The summed E-state index contributed by atoms with van der Waals surface area (Å²) in [7, 11) is 3.10. The van der Waals surface area contributed by atoms with Gasteiger partial charge in [0, 0.05) is 20.1 Å². The lowest BCUT2D eigenvalue weighted by Crippen LogP contribution is -2.37. The zero-order valence-corrected chi connectivity index (χ0v) is 11.9. The lowest BCUT2D eigenvalue weighted by molar-refractivity contribution is 0.309. The molecule has 1 aliphatic rings. The number of rotatable bonds is 3. The molecular weight excluding hydrogens is 258 g/mol. The third-order valence-corrected chi connectivity index (χ3v) is 4.11. The van der Waals surface area contributed by atoms with Crippen molar-refractivity contribution in [1.29, 1.82) is 0 Å². The van der Waals surface area contributed by atoms with Gasteiger partial charge in [0.2, 0.25) is 0 Å². The van der Waals surface area contributed by atoms with Crippen LogP contribution in [0.5, 0.6) is 0 Å². The lowest BCUT2D eigenvalue weighted by Gasteiger charge is -2.29. The van der Waals surface area contributed by atoms with Gasteiger partial charge in [0.1, 0.15) is 11.3 Å². The number of aromatic nitrogens is 4. The van der Waals surface area contributed by atoms with E-state index in [0.717, 1.165) is 4.57 Å². The minimum Gasteiger partial charge on any atom is -0.335 e. The molecule has 2 aromatic heterocycles. The Bertz CT molecular complexity index is 765. The van der Waals surface area contributed by atoms with E-state index < -0.39 is 0 Å². The molecule has 0 bridgehead atoms. The summed E-state index contributed by atoms with van der Waals surface area (Å²) < 4.78 is 2.49. The number of hydrogen-bond donors (Lipinski definition) is 2. The monoisotopic (exact) mass is 277 g/mol. The Morgan fingerprint density at radius 1 is 1.30 bits per heavy atom. The second-order valence-corrected chi connectivity index (χ2v) is 5.54. The predicted octanol–water partition coefficient (Wildman–Crippen LogP) is 0.163. The average molecular weight is 277 g/mol. The van der Waals surface area contributed by atoms with Crippen molar-refractivity contribution in [1.82, 2.24) is 24.4 Å². The van der Waals surface area contributed by atoms with E-state index in [2.05, 4.69) is 15.3 Å². The highest BCUT2D eigenvalue weighted by molar-refractivity contribution is 5.69. The highest BCUT2D eigenvalue weighted by Gasteiger charge is 2.22. The quantitative estimate of drug-likeness (QED) is 0.837. The van der Waals surface area contributed by atoms with Crippen LogP contribution in [0.4, 0.5) is 0 Å². The Labute approximate surface area is 115 Å². The molecule has 0 aliphatic heterocycles. The average Bonchev–Trinajstić information content (AvgIpc) is 2.83. The molecule has 2 N–H and O–H groups in total. The van der Waals surface area contributed by atoms with Gasteiger partial charge in [-0.3, -0.25) is 13.9 Å². The van der Waals surface area contributed by atoms with Crippen LogP contribution in [-0.2, 0) is 14.1 Å². The highest BCUT2D eigenvalue weighted by Crippen LogP contribution is 2.22. The second kappa shape index (κ2) is 4.59. The summed E-state index contributed by atoms with van der Waals surface area (Å²) in [6.07, 6.45) is 3.63. The fraction of sp³-hybridized carbons (Fsp3) is 0.615. The van der Waals surface area contributed by atoms with E-state index in [4.69, 9.17) is 0 Å². The predicted molar refractivity (Wildman–Crippen MR) is 75.8 cm³/mol. The van der Waals surface area contributed by atoms with Gasteiger partial charge in [0.05, 0.1) is 6.04 Å². The first-order valence-electron chi connectivity index (χ1n) is 6.90. The van der Waals surface area contributed by atoms with Crippen molar-refractivity contribution in [2.45, 2.75) is 38.3 Å². The summed E-state index contributed by atoms with van der Waals surface area (Å²) in [5, 5.41) is 3.47. The molecule has 0 spiro atoms. The van der Waals surface area contributed by atoms with Gasteiger partial charge < -0.3 is 10.3 Å². The van der Waals surface area contributed by atoms with Gasteiger partial charge in [-0.25, -0.2) is 9.78 Å². The van der Waals surface area contributed by atoms with Crippen LogP contribution < -0.4 is 16.6 Å². The Morgan fingerprint density at radius 2 is 2.00 bits per heavy atom. The maximum atomic E-state index is 12.1. The molecule has 1 unspecified atom stereocenters. The summed E-state index contributed by atoms with van der Waals surface area (Å²) >= 11 is 0. The number of H-pyrrole nitrogens is 1. The molecule has 1 saturated carbocycles. The van der Waals surface area contributed by atoms with E-state index >= 15 is 0 Å². The molecule has 0 aromatic carbocycles. The zero-order chi connectivity index (χ0) is 14.4. The minimum absolute atomic E-state index is 0.0347. The van der Waals surface area contributed by atoms with Crippen LogP contribution in [0.3, 0.4) is 0 Å². The number of aromatic amines is 1. The van der Waals surface area contributed by atoms with Crippen LogP contribution in [0.2, 0.25) is 0 Å². The number of imidazole rings is 1. The van der Waals surface area contributed by atoms with E-state index in [1.54, 1.807) is 7.05 Å². The first-order chi connectivity index (χ1) is 9.49. The van der Waals surface area contributed by atoms with Crippen LogP contribution in [0, 0.1) is 0 Å². The summed E-state index contributed by atoms with van der Waals surface area (Å²) in [5.41, 5.74) is 0.0973. The van der Waals surface area contributed by atoms with Crippen molar-refractivity contribution in [3.8, 4) is 0 Å². The third kappa shape index (κ3) is 1.89. The van der Waals surface area contributed by atoms with Crippen molar-refractivity contribution >= 4 is 11.2 Å². The lowest BCUT2D eigenvalue weighted by atomic mass is 9.92. The molecule has 7 nitrogen and oxygen atoms in total. The number of nitrogens with zero attached hydrogens (tertiary/aromatic N) is 3. The van der Waals surface area contributed by atoms with E-state index in [9.17, 15) is 9.59 Å².